The molecule has 0 amide bonds. The highest BCUT2D eigenvalue weighted by atomic mass is 79.9. The molecule has 0 fully saturated rings. The molecule has 4 nitrogen and oxygen atoms in total. The van der Waals surface area contributed by atoms with Crippen LogP contribution >= 0.6 is 35.3 Å². The first-order valence-electron chi connectivity index (χ1n) is 7.01. The molecule has 2 rings (SSSR count). The van der Waals surface area contributed by atoms with Gasteiger partial charge in [-0.3, -0.25) is 0 Å². The molecule has 130 valence electrons. The number of halogens is 3. The van der Waals surface area contributed by atoms with Gasteiger partial charge in [-0.05, 0) is 64.4 Å². The average molecular weight is 438 g/mol. The second-order valence-electron chi connectivity index (χ2n) is 4.82. The number of pyridine rings is 1. The van der Waals surface area contributed by atoms with Crippen LogP contribution in [0.15, 0.2) is 52.1 Å². The molecule has 0 aliphatic rings. The minimum absolute atomic E-state index is 0.0762. The van der Waals surface area contributed by atoms with Crippen molar-refractivity contribution in [2.45, 2.75) is 24.0 Å². The first-order valence-corrected chi connectivity index (χ1v) is 10.4. The van der Waals surface area contributed by atoms with Gasteiger partial charge in [-0.1, -0.05) is 12.1 Å². The Morgan fingerprint density at radius 3 is 2.75 bits per heavy atom. The molecule has 0 aliphatic heterocycles. The van der Waals surface area contributed by atoms with Crippen LogP contribution in [-0.2, 0) is 11.0 Å². The Morgan fingerprint density at radius 1 is 1.33 bits per heavy atom. The summed E-state index contributed by atoms with van der Waals surface area (Å²) < 4.78 is 40.9. The van der Waals surface area contributed by atoms with Crippen molar-refractivity contribution in [1.82, 2.24) is 4.98 Å². The second kappa shape index (κ2) is 8.94. The lowest BCUT2D eigenvalue weighted by atomic mass is 10.1. The number of aryl methyl sites for hydroxylation is 1. The molecule has 0 bridgehead atoms. The molecule has 0 spiro atoms. The largest absolute Gasteiger partial charge is 0.442 e. The first kappa shape index (κ1) is 19.4. The van der Waals surface area contributed by atoms with E-state index in [9.17, 15) is 13.3 Å². The molecule has 0 saturated heterocycles. The van der Waals surface area contributed by atoms with E-state index in [4.69, 9.17) is 4.89 Å². The Labute approximate surface area is 151 Å². The van der Waals surface area contributed by atoms with Crippen molar-refractivity contribution in [3.63, 3.8) is 0 Å². The van der Waals surface area contributed by atoms with Gasteiger partial charge in [0.1, 0.15) is 5.75 Å². The van der Waals surface area contributed by atoms with Crippen molar-refractivity contribution in [2.75, 3.05) is 5.75 Å². The number of nitrogens with zero attached hydrogens (tertiary/aromatic N) is 1. The number of aromatic nitrogens is 1. The molecule has 1 unspecified atom stereocenters. The maximum atomic E-state index is 12.4. The smallest absolute Gasteiger partial charge is 0.420 e. The Balaban J connectivity index is 1.87. The van der Waals surface area contributed by atoms with Crippen molar-refractivity contribution in [2.24, 2.45) is 0 Å². The molecule has 0 aliphatic carbocycles. The van der Waals surface area contributed by atoms with E-state index < -0.39 is 13.8 Å². The lowest BCUT2D eigenvalue weighted by Crippen LogP contribution is -2.01. The molecular weight excluding hydrogens is 423 g/mol. The maximum absolute atomic E-state index is 12.4. The fourth-order valence-electron chi connectivity index (χ4n) is 1.84. The summed E-state index contributed by atoms with van der Waals surface area (Å²) in [6.45, 7) is 0. The highest BCUT2D eigenvalue weighted by Crippen LogP contribution is 2.50. The van der Waals surface area contributed by atoms with Gasteiger partial charge in [0.15, 0.2) is 0 Å². The van der Waals surface area contributed by atoms with Gasteiger partial charge >= 0.3 is 13.8 Å². The summed E-state index contributed by atoms with van der Waals surface area (Å²) in [5, 5.41) is 0.966. The van der Waals surface area contributed by atoms with Crippen LogP contribution in [0.4, 0.5) is 8.78 Å². The zero-order chi connectivity index (χ0) is 17.6. The van der Waals surface area contributed by atoms with E-state index >= 15 is 0 Å². The normalized spacial score (nSPS) is 13.7. The lowest BCUT2D eigenvalue weighted by molar-refractivity contribution is 0.188. The van der Waals surface area contributed by atoms with Crippen LogP contribution < -0.4 is 4.52 Å². The van der Waals surface area contributed by atoms with Crippen LogP contribution in [0.25, 0.3) is 0 Å². The summed E-state index contributed by atoms with van der Waals surface area (Å²) in [7, 11) is -4.96. The van der Waals surface area contributed by atoms with Crippen molar-refractivity contribution >= 4 is 35.3 Å². The zero-order valence-corrected chi connectivity index (χ0v) is 15.7. The molecular formula is C15H15BrF2NO3PS. The predicted molar refractivity (Wildman–Crippen MR) is 93.9 cm³/mol. The van der Waals surface area contributed by atoms with Gasteiger partial charge in [-0.2, -0.15) is 8.78 Å². The van der Waals surface area contributed by atoms with E-state index in [2.05, 4.69) is 25.4 Å². The van der Waals surface area contributed by atoms with Crippen molar-refractivity contribution < 1.29 is 22.8 Å². The van der Waals surface area contributed by atoms with E-state index in [0.717, 1.165) is 29.2 Å². The molecule has 0 radical (unpaired) electrons. The monoisotopic (exact) mass is 437 g/mol. The Hall–Kier alpha value is -0.950. The summed E-state index contributed by atoms with van der Waals surface area (Å²) in [5.74, 6) is 0.817. The molecule has 9 heteroatoms. The third-order valence-corrected chi connectivity index (χ3v) is 5.57. The Morgan fingerprint density at radius 2 is 2.12 bits per heavy atom. The minimum atomic E-state index is -4.96. The summed E-state index contributed by atoms with van der Waals surface area (Å²) in [6.07, 6.45) is -0.00162. The molecule has 1 aromatic heterocycles. The topological polar surface area (TPSA) is 59.4 Å². The van der Waals surface area contributed by atoms with Gasteiger partial charge in [-0.15, -0.1) is 11.8 Å². The van der Waals surface area contributed by atoms with Crippen molar-refractivity contribution in [3.8, 4) is 5.75 Å². The van der Waals surface area contributed by atoms with Crippen LogP contribution in [-0.4, -0.2) is 21.8 Å². The van der Waals surface area contributed by atoms with Crippen LogP contribution in [0.1, 0.15) is 12.0 Å². The number of alkyl halides is 2. The standard InChI is InChI=1S/C15H15BrF2NO3PS/c16-12-10-11(4-3-9-24-14-5-1-2-8-19-14)6-7-13(12)22-23(20,21)15(17)18/h1-2,5-8,10,15H,3-4,9H2,(H,20,21). The Kier molecular flexibility index (Phi) is 7.22. The van der Waals surface area contributed by atoms with E-state index in [-0.39, 0.29) is 5.75 Å². The Bertz CT molecular complexity index is 721. The van der Waals surface area contributed by atoms with Gasteiger partial charge in [0.2, 0.25) is 0 Å². The predicted octanol–water partition coefficient (Wildman–Crippen LogP) is 5.36. The quantitative estimate of drug-likeness (QED) is 0.342. The molecule has 1 heterocycles. The summed E-state index contributed by atoms with van der Waals surface area (Å²) in [6, 6.07) is 10.6. The summed E-state index contributed by atoms with van der Waals surface area (Å²) in [5.41, 5.74) is 0.973. The lowest BCUT2D eigenvalue weighted by Gasteiger charge is -2.14. The minimum Gasteiger partial charge on any atom is -0.420 e. The van der Waals surface area contributed by atoms with Gasteiger partial charge in [0.05, 0.1) is 9.50 Å². The van der Waals surface area contributed by atoms with Gasteiger partial charge in [0, 0.05) is 6.20 Å². The van der Waals surface area contributed by atoms with Gasteiger partial charge in [0.25, 0.3) is 0 Å². The maximum Gasteiger partial charge on any atom is 0.442 e. The summed E-state index contributed by atoms with van der Waals surface area (Å²) in [4.78, 5) is 13.3. The molecule has 1 aromatic carbocycles. The van der Waals surface area contributed by atoms with E-state index in [1.165, 1.54) is 6.07 Å². The van der Waals surface area contributed by atoms with Crippen LogP contribution in [0.5, 0.6) is 5.75 Å². The van der Waals surface area contributed by atoms with E-state index in [1.807, 2.05) is 18.2 Å². The number of hydrogen-bond acceptors (Lipinski definition) is 4. The highest BCUT2D eigenvalue weighted by molar-refractivity contribution is 9.10. The molecule has 1 N–H and O–H groups in total. The molecule has 24 heavy (non-hydrogen) atoms. The number of thioether (sulfide) groups is 1. The first-order chi connectivity index (χ1) is 11.4. The van der Waals surface area contributed by atoms with E-state index in [1.54, 1.807) is 30.1 Å². The van der Waals surface area contributed by atoms with Crippen LogP contribution in [0, 0.1) is 0 Å². The number of rotatable bonds is 8. The fourth-order valence-corrected chi connectivity index (χ4v) is 3.80. The average Bonchev–Trinajstić information content (AvgIpc) is 2.55. The van der Waals surface area contributed by atoms with Crippen LogP contribution in [0.3, 0.4) is 0 Å². The zero-order valence-electron chi connectivity index (χ0n) is 12.4. The van der Waals surface area contributed by atoms with Crippen molar-refractivity contribution in [3.05, 3.63) is 52.6 Å². The SMILES string of the molecule is O=P(O)(Oc1ccc(CCCSc2ccccn2)cc1Br)C(F)F. The number of benzene rings is 1. The summed E-state index contributed by atoms with van der Waals surface area (Å²) >= 11 is 4.83. The van der Waals surface area contributed by atoms with Gasteiger partial charge < -0.3 is 9.42 Å². The molecule has 0 saturated carbocycles. The third-order valence-electron chi connectivity index (χ3n) is 2.97. The van der Waals surface area contributed by atoms with Crippen LogP contribution in [0.2, 0.25) is 0 Å². The fraction of sp³-hybridized carbons (Fsp3) is 0.267. The van der Waals surface area contributed by atoms with Crippen molar-refractivity contribution in [1.29, 1.82) is 0 Å². The number of hydrogen-bond donors (Lipinski definition) is 1. The second-order valence-corrected chi connectivity index (χ2v) is 8.49. The molecule has 1 atom stereocenters. The highest BCUT2D eigenvalue weighted by Gasteiger charge is 2.34. The third kappa shape index (κ3) is 5.84. The van der Waals surface area contributed by atoms with Gasteiger partial charge in [-0.25, -0.2) is 9.55 Å². The van der Waals surface area contributed by atoms with E-state index in [0.29, 0.717) is 4.47 Å². The molecule has 2 aromatic rings.